The molecule has 0 saturated carbocycles. The van der Waals surface area contributed by atoms with Crippen molar-refractivity contribution in [3.05, 3.63) is 0 Å². The molecule has 0 bridgehead atoms. The average Bonchev–Trinajstić information content (AvgIpc) is 2.28. The lowest BCUT2D eigenvalue weighted by Gasteiger charge is -2.19. The summed E-state index contributed by atoms with van der Waals surface area (Å²) in [6.45, 7) is 5.29. The molecular weight excluding hydrogens is 150 g/mol. The van der Waals surface area contributed by atoms with E-state index in [4.69, 9.17) is 11.0 Å². The Bertz CT molecular complexity index is 185. The maximum absolute atomic E-state index is 8.84. The van der Waals surface area contributed by atoms with Crippen molar-refractivity contribution in [3.8, 4) is 6.07 Å². The lowest BCUT2D eigenvalue weighted by atomic mass is 9.94. The maximum Gasteiger partial charge on any atom is 0.105 e. The highest BCUT2D eigenvalue weighted by Gasteiger charge is 2.27. The number of nitrogens with two attached hydrogens (primary N) is 1. The first-order chi connectivity index (χ1) is 5.70. The van der Waals surface area contributed by atoms with E-state index in [0.717, 1.165) is 38.9 Å². The van der Waals surface area contributed by atoms with Gasteiger partial charge in [0.1, 0.15) is 5.54 Å². The zero-order chi connectivity index (χ0) is 9.03. The van der Waals surface area contributed by atoms with E-state index in [1.807, 2.05) is 0 Å². The molecule has 0 aliphatic carbocycles. The van der Waals surface area contributed by atoms with Crippen LogP contribution in [0.5, 0.6) is 0 Å². The minimum atomic E-state index is -0.552. The quantitative estimate of drug-likeness (QED) is 0.626. The fourth-order valence-corrected chi connectivity index (χ4v) is 1.64. The van der Waals surface area contributed by atoms with Crippen molar-refractivity contribution in [3.63, 3.8) is 0 Å². The van der Waals surface area contributed by atoms with Crippen LogP contribution in [0.25, 0.3) is 0 Å². The van der Waals surface area contributed by atoms with E-state index in [0.29, 0.717) is 0 Å². The van der Waals surface area contributed by atoms with Crippen LogP contribution < -0.4 is 5.73 Å². The minimum absolute atomic E-state index is 0.552. The van der Waals surface area contributed by atoms with E-state index in [9.17, 15) is 0 Å². The summed E-state index contributed by atoms with van der Waals surface area (Å²) in [4.78, 5) is 2.35. The maximum atomic E-state index is 8.84. The van der Waals surface area contributed by atoms with E-state index in [-0.39, 0.29) is 0 Å². The molecule has 2 N–H and O–H groups in total. The second-order valence-electron chi connectivity index (χ2n) is 3.56. The second-order valence-corrected chi connectivity index (χ2v) is 3.56. The summed E-state index contributed by atoms with van der Waals surface area (Å²) in [6.07, 6.45) is 2.72. The molecule has 1 atom stereocenters. The topological polar surface area (TPSA) is 53.0 Å². The van der Waals surface area contributed by atoms with Crippen molar-refractivity contribution in [2.24, 2.45) is 5.73 Å². The van der Waals surface area contributed by atoms with Gasteiger partial charge in [-0.1, -0.05) is 6.92 Å². The Morgan fingerprint density at radius 1 is 1.50 bits per heavy atom. The van der Waals surface area contributed by atoms with Crippen molar-refractivity contribution in [1.29, 1.82) is 5.26 Å². The van der Waals surface area contributed by atoms with Gasteiger partial charge in [0.25, 0.3) is 0 Å². The van der Waals surface area contributed by atoms with Gasteiger partial charge in [-0.15, -0.1) is 0 Å². The van der Waals surface area contributed by atoms with Gasteiger partial charge in [-0.25, -0.2) is 0 Å². The molecule has 1 unspecified atom stereocenters. The summed E-state index contributed by atoms with van der Waals surface area (Å²) in [7, 11) is 0. The first-order valence-corrected chi connectivity index (χ1v) is 4.63. The third-order valence-corrected chi connectivity index (χ3v) is 2.64. The molecule has 1 rings (SSSR count). The Morgan fingerprint density at radius 2 is 2.25 bits per heavy atom. The van der Waals surface area contributed by atoms with Crippen LogP contribution in [-0.2, 0) is 0 Å². The van der Waals surface area contributed by atoms with Crippen LogP contribution in [-0.4, -0.2) is 30.1 Å². The largest absolute Gasteiger partial charge is 0.313 e. The van der Waals surface area contributed by atoms with E-state index < -0.39 is 5.54 Å². The van der Waals surface area contributed by atoms with Gasteiger partial charge >= 0.3 is 0 Å². The monoisotopic (exact) mass is 167 g/mol. The zero-order valence-corrected chi connectivity index (χ0v) is 7.71. The summed E-state index contributed by atoms with van der Waals surface area (Å²) >= 11 is 0. The zero-order valence-electron chi connectivity index (χ0n) is 7.71. The normalized spacial score (nSPS) is 32.4. The molecule has 1 saturated heterocycles. The molecular formula is C9H17N3. The first-order valence-electron chi connectivity index (χ1n) is 4.63. The van der Waals surface area contributed by atoms with Crippen LogP contribution in [0.1, 0.15) is 26.2 Å². The van der Waals surface area contributed by atoms with E-state index >= 15 is 0 Å². The summed E-state index contributed by atoms with van der Waals surface area (Å²) in [5.41, 5.74) is 5.34. The molecule has 12 heavy (non-hydrogen) atoms. The van der Waals surface area contributed by atoms with Crippen molar-refractivity contribution in [1.82, 2.24) is 4.90 Å². The molecule has 68 valence electrons. The fraction of sp³-hybridized carbons (Fsp3) is 0.889. The van der Waals surface area contributed by atoms with E-state index in [1.165, 1.54) is 0 Å². The van der Waals surface area contributed by atoms with Gasteiger partial charge in [-0.05, 0) is 32.4 Å². The fourth-order valence-electron chi connectivity index (χ4n) is 1.64. The lowest BCUT2D eigenvalue weighted by Crippen LogP contribution is -2.39. The van der Waals surface area contributed by atoms with Gasteiger partial charge < -0.3 is 10.6 Å². The van der Waals surface area contributed by atoms with Crippen LogP contribution in [0, 0.1) is 11.3 Å². The Balaban J connectivity index is 2.51. The third-order valence-electron chi connectivity index (χ3n) is 2.64. The van der Waals surface area contributed by atoms with Crippen molar-refractivity contribution in [2.45, 2.75) is 31.7 Å². The molecule has 0 aromatic rings. The Morgan fingerprint density at radius 3 is 2.83 bits per heavy atom. The van der Waals surface area contributed by atoms with Crippen molar-refractivity contribution < 1.29 is 0 Å². The van der Waals surface area contributed by atoms with Crippen LogP contribution in [0.4, 0.5) is 0 Å². The van der Waals surface area contributed by atoms with Gasteiger partial charge in [0.15, 0.2) is 0 Å². The highest BCUT2D eigenvalue weighted by atomic mass is 15.1. The number of nitriles is 1. The van der Waals surface area contributed by atoms with Gasteiger partial charge in [-0.3, -0.25) is 0 Å². The Hall–Kier alpha value is -0.590. The minimum Gasteiger partial charge on any atom is -0.313 e. The Labute approximate surface area is 74.1 Å². The number of rotatable bonds is 1. The van der Waals surface area contributed by atoms with Crippen LogP contribution >= 0.6 is 0 Å². The molecule has 1 aliphatic rings. The molecule has 0 radical (unpaired) electrons. The smallest absolute Gasteiger partial charge is 0.105 e. The van der Waals surface area contributed by atoms with E-state index in [2.05, 4.69) is 17.9 Å². The number of likely N-dealkylation sites (tertiary alicyclic amines) is 1. The van der Waals surface area contributed by atoms with Crippen LogP contribution in [0.3, 0.4) is 0 Å². The lowest BCUT2D eigenvalue weighted by molar-refractivity contribution is 0.296. The summed E-state index contributed by atoms with van der Waals surface area (Å²) < 4.78 is 0. The molecule has 0 aromatic heterocycles. The summed E-state index contributed by atoms with van der Waals surface area (Å²) in [5.74, 6) is 0. The van der Waals surface area contributed by atoms with Gasteiger partial charge in [0.05, 0.1) is 6.07 Å². The highest BCUT2D eigenvalue weighted by Crippen LogP contribution is 2.18. The molecule has 0 aromatic carbocycles. The standard InChI is InChI=1S/C9H17N3/c1-2-12-6-3-4-9(11,8-10)5-7-12/h2-7,11H2,1H3. The molecule has 1 aliphatic heterocycles. The van der Waals surface area contributed by atoms with Crippen molar-refractivity contribution >= 4 is 0 Å². The van der Waals surface area contributed by atoms with Gasteiger partial charge in [0.2, 0.25) is 0 Å². The third kappa shape index (κ3) is 2.20. The second kappa shape index (κ2) is 3.88. The number of nitrogens with zero attached hydrogens (tertiary/aromatic N) is 2. The molecule has 1 heterocycles. The highest BCUT2D eigenvalue weighted by molar-refractivity contribution is 5.05. The number of hydrogen-bond donors (Lipinski definition) is 1. The molecule has 3 nitrogen and oxygen atoms in total. The van der Waals surface area contributed by atoms with Crippen LogP contribution in [0.2, 0.25) is 0 Å². The molecule has 0 spiro atoms. The van der Waals surface area contributed by atoms with Crippen molar-refractivity contribution in [2.75, 3.05) is 19.6 Å². The predicted octanol–water partition coefficient (Wildman–Crippen LogP) is 0.713. The average molecular weight is 167 g/mol. The van der Waals surface area contributed by atoms with Gasteiger partial charge in [-0.2, -0.15) is 5.26 Å². The Kier molecular flexibility index (Phi) is 3.07. The van der Waals surface area contributed by atoms with E-state index in [1.54, 1.807) is 0 Å². The predicted molar refractivity (Wildman–Crippen MR) is 48.5 cm³/mol. The SMILES string of the molecule is CCN1CCCC(N)(C#N)CC1. The molecule has 0 amide bonds. The molecule has 3 heteroatoms. The summed E-state index contributed by atoms with van der Waals surface area (Å²) in [6, 6.07) is 2.22. The van der Waals surface area contributed by atoms with Crippen LogP contribution in [0.15, 0.2) is 0 Å². The van der Waals surface area contributed by atoms with Gasteiger partial charge in [0, 0.05) is 6.54 Å². The first kappa shape index (κ1) is 9.50. The number of hydrogen-bond acceptors (Lipinski definition) is 3. The summed E-state index contributed by atoms with van der Waals surface area (Å²) in [5, 5.41) is 8.84. The molecule has 1 fully saturated rings.